The average Bonchev–Trinajstić information content (AvgIpc) is 2.26. The Hall–Kier alpha value is -1.31. The molecule has 1 aromatic rings. The minimum absolute atomic E-state index is 0.366. The summed E-state index contributed by atoms with van der Waals surface area (Å²) in [5.41, 5.74) is 0. The molecule has 0 bridgehead atoms. The van der Waals surface area contributed by atoms with Crippen molar-refractivity contribution in [3.8, 4) is 11.8 Å². The second kappa shape index (κ2) is 7.04. The Morgan fingerprint density at radius 1 is 1.50 bits per heavy atom. The highest BCUT2D eigenvalue weighted by Crippen LogP contribution is 2.11. The highest BCUT2D eigenvalue weighted by atomic mass is 35.5. The van der Waals surface area contributed by atoms with Crippen LogP contribution < -0.4 is 5.32 Å². The molecule has 0 aliphatic rings. The molecule has 5 heteroatoms. The molecule has 0 fully saturated rings. The molecule has 0 spiro atoms. The molecule has 0 atom stereocenters. The van der Waals surface area contributed by atoms with E-state index in [1.165, 1.54) is 0 Å². The molecule has 0 amide bonds. The van der Waals surface area contributed by atoms with Crippen molar-refractivity contribution in [2.45, 2.75) is 20.5 Å². The number of halogens is 1. The van der Waals surface area contributed by atoms with Crippen molar-refractivity contribution in [2.24, 2.45) is 0 Å². The van der Waals surface area contributed by atoms with Crippen LogP contribution in [0.25, 0.3) is 0 Å². The standard InChI is InChI=1S/C11H14ClN3O/c1-3-5-6-13-10-7-9(12)14-11(15-10)8-16-4-2/h7H,4,6,8H2,1-2H3,(H,13,14,15). The van der Waals surface area contributed by atoms with Crippen LogP contribution in [0.4, 0.5) is 5.82 Å². The molecule has 86 valence electrons. The van der Waals surface area contributed by atoms with Crippen LogP contribution in [0.3, 0.4) is 0 Å². The smallest absolute Gasteiger partial charge is 0.158 e. The lowest BCUT2D eigenvalue weighted by Crippen LogP contribution is -2.06. The van der Waals surface area contributed by atoms with Gasteiger partial charge in [0.15, 0.2) is 5.82 Å². The maximum Gasteiger partial charge on any atom is 0.158 e. The van der Waals surface area contributed by atoms with Crippen LogP contribution in [0.15, 0.2) is 6.07 Å². The molecule has 1 N–H and O–H groups in total. The normalized spacial score (nSPS) is 9.44. The van der Waals surface area contributed by atoms with Gasteiger partial charge in [-0.15, -0.1) is 5.92 Å². The Bertz CT molecular complexity index is 398. The Kier molecular flexibility index (Phi) is 5.62. The number of anilines is 1. The van der Waals surface area contributed by atoms with Gasteiger partial charge in [-0.05, 0) is 13.8 Å². The first kappa shape index (κ1) is 12.8. The topological polar surface area (TPSA) is 47.0 Å². The minimum atomic E-state index is 0.366. The van der Waals surface area contributed by atoms with Gasteiger partial charge in [-0.25, -0.2) is 9.97 Å². The zero-order valence-corrected chi connectivity index (χ0v) is 10.1. The lowest BCUT2D eigenvalue weighted by Gasteiger charge is -2.05. The molecule has 1 heterocycles. The molecule has 16 heavy (non-hydrogen) atoms. The zero-order chi connectivity index (χ0) is 11.8. The van der Waals surface area contributed by atoms with Crippen LogP contribution in [0.2, 0.25) is 5.15 Å². The first-order valence-corrected chi connectivity index (χ1v) is 5.38. The third-order valence-electron chi connectivity index (χ3n) is 1.71. The number of nitrogens with one attached hydrogen (secondary N) is 1. The van der Waals surface area contributed by atoms with E-state index >= 15 is 0 Å². The van der Waals surface area contributed by atoms with Crippen molar-refractivity contribution < 1.29 is 4.74 Å². The average molecular weight is 240 g/mol. The van der Waals surface area contributed by atoms with Crippen LogP contribution in [0.1, 0.15) is 19.7 Å². The zero-order valence-electron chi connectivity index (χ0n) is 9.38. The van der Waals surface area contributed by atoms with Crippen molar-refractivity contribution in [1.29, 1.82) is 0 Å². The van der Waals surface area contributed by atoms with Gasteiger partial charge in [0, 0.05) is 12.7 Å². The fourth-order valence-corrected chi connectivity index (χ4v) is 1.24. The number of hydrogen-bond acceptors (Lipinski definition) is 4. The Morgan fingerprint density at radius 2 is 2.31 bits per heavy atom. The third-order valence-corrected chi connectivity index (χ3v) is 1.90. The molecule has 0 aromatic carbocycles. The van der Waals surface area contributed by atoms with Crippen LogP contribution >= 0.6 is 11.6 Å². The summed E-state index contributed by atoms with van der Waals surface area (Å²) in [7, 11) is 0. The predicted molar refractivity (Wildman–Crippen MR) is 64.3 cm³/mol. The van der Waals surface area contributed by atoms with Crippen molar-refractivity contribution in [3.63, 3.8) is 0 Å². The molecule has 0 saturated carbocycles. The fraction of sp³-hybridized carbons (Fsp3) is 0.455. The van der Waals surface area contributed by atoms with Crippen LogP contribution in [-0.4, -0.2) is 23.1 Å². The van der Waals surface area contributed by atoms with E-state index in [-0.39, 0.29) is 0 Å². The highest BCUT2D eigenvalue weighted by Gasteiger charge is 2.02. The molecule has 0 aliphatic heterocycles. The monoisotopic (exact) mass is 239 g/mol. The summed E-state index contributed by atoms with van der Waals surface area (Å²) in [5, 5.41) is 3.44. The molecular weight excluding hydrogens is 226 g/mol. The molecule has 0 radical (unpaired) electrons. The third kappa shape index (κ3) is 4.47. The SMILES string of the molecule is CC#CCNc1cc(Cl)nc(COCC)n1. The van der Waals surface area contributed by atoms with E-state index < -0.39 is 0 Å². The summed E-state index contributed by atoms with van der Waals surface area (Å²) < 4.78 is 5.22. The van der Waals surface area contributed by atoms with Gasteiger partial charge < -0.3 is 10.1 Å². The molecule has 0 aliphatic carbocycles. The Labute approximate surface area is 100 Å². The molecule has 1 rings (SSSR count). The van der Waals surface area contributed by atoms with Gasteiger partial charge in [0.1, 0.15) is 17.6 Å². The van der Waals surface area contributed by atoms with Crippen molar-refractivity contribution in [1.82, 2.24) is 9.97 Å². The Morgan fingerprint density at radius 3 is 3.00 bits per heavy atom. The first-order chi connectivity index (χ1) is 7.76. The van der Waals surface area contributed by atoms with Crippen molar-refractivity contribution in [3.05, 3.63) is 17.0 Å². The fourth-order valence-electron chi connectivity index (χ4n) is 1.04. The van der Waals surface area contributed by atoms with Crippen molar-refractivity contribution in [2.75, 3.05) is 18.5 Å². The largest absolute Gasteiger partial charge is 0.374 e. The summed E-state index contributed by atoms with van der Waals surface area (Å²) in [4.78, 5) is 8.30. The van der Waals surface area contributed by atoms with Gasteiger partial charge >= 0.3 is 0 Å². The van der Waals surface area contributed by atoms with Crippen LogP contribution in [0, 0.1) is 11.8 Å². The summed E-state index contributed by atoms with van der Waals surface area (Å²) in [6.07, 6.45) is 0. The van der Waals surface area contributed by atoms with E-state index in [2.05, 4.69) is 27.1 Å². The van der Waals surface area contributed by atoms with E-state index in [1.807, 2.05) is 6.92 Å². The lowest BCUT2D eigenvalue weighted by molar-refractivity contribution is 0.128. The first-order valence-electron chi connectivity index (χ1n) is 5.01. The molecular formula is C11H14ClN3O. The Balaban J connectivity index is 2.67. The summed E-state index contributed by atoms with van der Waals surface area (Å²) in [6, 6.07) is 1.66. The molecule has 1 aromatic heterocycles. The molecule has 0 saturated heterocycles. The highest BCUT2D eigenvalue weighted by molar-refractivity contribution is 6.29. The van der Waals surface area contributed by atoms with Crippen molar-refractivity contribution >= 4 is 17.4 Å². The van der Waals surface area contributed by atoms with E-state index in [9.17, 15) is 0 Å². The second-order valence-corrected chi connectivity index (χ2v) is 3.30. The number of aromatic nitrogens is 2. The second-order valence-electron chi connectivity index (χ2n) is 2.91. The number of nitrogens with zero attached hydrogens (tertiary/aromatic N) is 2. The summed E-state index contributed by atoms with van der Waals surface area (Å²) >= 11 is 5.86. The van der Waals surface area contributed by atoms with E-state index in [0.29, 0.717) is 36.6 Å². The summed E-state index contributed by atoms with van der Waals surface area (Å²) in [5.74, 6) is 6.91. The van der Waals surface area contributed by atoms with Gasteiger partial charge in [-0.1, -0.05) is 17.5 Å². The van der Waals surface area contributed by atoms with Gasteiger partial charge in [-0.3, -0.25) is 0 Å². The van der Waals surface area contributed by atoms with Crippen LogP contribution in [0.5, 0.6) is 0 Å². The van der Waals surface area contributed by atoms with Gasteiger partial charge in [0.2, 0.25) is 0 Å². The van der Waals surface area contributed by atoms with Gasteiger partial charge in [0.05, 0.1) is 6.54 Å². The lowest BCUT2D eigenvalue weighted by atomic mass is 10.5. The maximum atomic E-state index is 5.86. The van der Waals surface area contributed by atoms with Gasteiger partial charge in [0.25, 0.3) is 0 Å². The number of hydrogen-bond donors (Lipinski definition) is 1. The van der Waals surface area contributed by atoms with E-state index in [1.54, 1.807) is 13.0 Å². The maximum absolute atomic E-state index is 5.86. The van der Waals surface area contributed by atoms with E-state index in [0.717, 1.165) is 0 Å². The minimum Gasteiger partial charge on any atom is -0.374 e. The molecule has 0 unspecified atom stereocenters. The number of rotatable bonds is 5. The van der Waals surface area contributed by atoms with Gasteiger partial charge in [-0.2, -0.15) is 0 Å². The summed E-state index contributed by atoms with van der Waals surface area (Å²) in [6.45, 7) is 5.23. The quantitative estimate of drug-likeness (QED) is 0.632. The number of ether oxygens (including phenoxy) is 1. The van der Waals surface area contributed by atoms with E-state index in [4.69, 9.17) is 16.3 Å². The van der Waals surface area contributed by atoms with Crippen LogP contribution in [-0.2, 0) is 11.3 Å². The molecule has 4 nitrogen and oxygen atoms in total. The predicted octanol–water partition coefficient (Wildman–Crippen LogP) is 2.10.